The van der Waals surface area contributed by atoms with E-state index < -0.39 is 0 Å². The number of ether oxygens (including phenoxy) is 1. The quantitative estimate of drug-likeness (QED) is 0.837. The van der Waals surface area contributed by atoms with Crippen LogP contribution in [0.15, 0.2) is 42.5 Å². The second-order valence-electron chi connectivity index (χ2n) is 4.49. The summed E-state index contributed by atoms with van der Waals surface area (Å²) >= 11 is 0. The van der Waals surface area contributed by atoms with E-state index in [1.165, 1.54) is 16.3 Å². The number of carbonyl (C=O) groups excluding carboxylic acids is 1. The molecule has 1 atom stereocenters. The lowest BCUT2D eigenvalue weighted by molar-refractivity contribution is -0.145. The third-order valence-electron chi connectivity index (χ3n) is 3.12. The number of hydrogen-bond donors (Lipinski definition) is 1. The Bertz CT molecular complexity index is 560. The first-order valence-electron chi connectivity index (χ1n) is 6.59. The Hall–Kier alpha value is -1.87. The Morgan fingerprint density at radius 2 is 1.95 bits per heavy atom. The number of hydrogen-bond acceptors (Lipinski definition) is 3. The van der Waals surface area contributed by atoms with Gasteiger partial charge >= 0.3 is 5.97 Å². The summed E-state index contributed by atoms with van der Waals surface area (Å²) < 4.78 is 4.98. The largest absolute Gasteiger partial charge is 0.465 e. The van der Waals surface area contributed by atoms with Crippen LogP contribution in [-0.2, 0) is 16.1 Å². The zero-order valence-corrected chi connectivity index (χ0v) is 11.3. The molecule has 0 amide bonds. The van der Waals surface area contributed by atoms with E-state index in [0.717, 1.165) is 0 Å². The van der Waals surface area contributed by atoms with E-state index >= 15 is 0 Å². The molecule has 2 aromatic rings. The molecule has 0 saturated heterocycles. The second kappa shape index (κ2) is 6.34. The summed E-state index contributed by atoms with van der Waals surface area (Å²) in [6.45, 7) is 4.71. The highest BCUT2D eigenvalue weighted by molar-refractivity contribution is 5.85. The molecule has 2 rings (SSSR count). The predicted molar refractivity (Wildman–Crippen MR) is 76.9 cm³/mol. The smallest absolute Gasteiger partial charge is 0.322 e. The van der Waals surface area contributed by atoms with E-state index in [4.69, 9.17) is 4.74 Å². The van der Waals surface area contributed by atoms with Crippen molar-refractivity contribution in [1.29, 1.82) is 0 Å². The van der Waals surface area contributed by atoms with Crippen LogP contribution in [-0.4, -0.2) is 18.6 Å². The van der Waals surface area contributed by atoms with Crippen molar-refractivity contribution in [3.8, 4) is 0 Å². The molecule has 0 saturated carbocycles. The van der Waals surface area contributed by atoms with Gasteiger partial charge in [0, 0.05) is 6.54 Å². The summed E-state index contributed by atoms with van der Waals surface area (Å²) in [4.78, 5) is 11.5. The van der Waals surface area contributed by atoms with Crippen LogP contribution in [0.4, 0.5) is 0 Å². The van der Waals surface area contributed by atoms with E-state index in [9.17, 15) is 4.79 Å². The molecule has 0 fully saturated rings. The number of benzene rings is 2. The van der Waals surface area contributed by atoms with E-state index in [1.807, 2.05) is 32.0 Å². The van der Waals surface area contributed by atoms with Gasteiger partial charge in [0.25, 0.3) is 0 Å². The topological polar surface area (TPSA) is 38.3 Å². The van der Waals surface area contributed by atoms with Crippen LogP contribution in [0.3, 0.4) is 0 Å². The van der Waals surface area contributed by atoms with Gasteiger partial charge in [0.1, 0.15) is 6.04 Å². The van der Waals surface area contributed by atoms with Crippen molar-refractivity contribution >= 4 is 16.7 Å². The maximum absolute atomic E-state index is 11.5. The highest BCUT2D eigenvalue weighted by Crippen LogP contribution is 2.18. The van der Waals surface area contributed by atoms with Gasteiger partial charge in [-0.3, -0.25) is 4.79 Å². The summed E-state index contributed by atoms with van der Waals surface area (Å²) in [6.07, 6.45) is 0. The summed E-state index contributed by atoms with van der Waals surface area (Å²) in [7, 11) is 0. The van der Waals surface area contributed by atoms with Gasteiger partial charge in [0.05, 0.1) is 6.61 Å². The Labute approximate surface area is 113 Å². The highest BCUT2D eigenvalue weighted by atomic mass is 16.5. The number of esters is 1. The van der Waals surface area contributed by atoms with E-state index in [1.54, 1.807) is 0 Å². The van der Waals surface area contributed by atoms with Gasteiger partial charge in [-0.15, -0.1) is 0 Å². The molecule has 0 aromatic heterocycles. The molecule has 3 nitrogen and oxygen atoms in total. The molecule has 0 aliphatic carbocycles. The van der Waals surface area contributed by atoms with Gasteiger partial charge in [-0.25, -0.2) is 0 Å². The van der Waals surface area contributed by atoms with Crippen LogP contribution in [0, 0.1) is 0 Å². The molecule has 0 aliphatic heterocycles. The molecule has 0 spiro atoms. The predicted octanol–water partition coefficient (Wildman–Crippen LogP) is 2.88. The molecule has 0 heterocycles. The van der Waals surface area contributed by atoms with Crippen LogP contribution in [0.2, 0.25) is 0 Å². The number of nitrogens with one attached hydrogen (secondary N) is 1. The fourth-order valence-electron chi connectivity index (χ4n) is 2.06. The van der Waals surface area contributed by atoms with Crippen molar-refractivity contribution in [2.24, 2.45) is 0 Å². The number of fused-ring (bicyclic) bond motifs is 1. The molecule has 3 heteroatoms. The minimum absolute atomic E-state index is 0.206. The van der Waals surface area contributed by atoms with Gasteiger partial charge in [-0.1, -0.05) is 42.5 Å². The van der Waals surface area contributed by atoms with Crippen LogP contribution < -0.4 is 5.32 Å². The summed E-state index contributed by atoms with van der Waals surface area (Å²) in [6, 6.07) is 14.2. The molecule has 19 heavy (non-hydrogen) atoms. The fraction of sp³-hybridized carbons (Fsp3) is 0.312. The van der Waals surface area contributed by atoms with Gasteiger partial charge in [-0.05, 0) is 30.2 Å². The Morgan fingerprint density at radius 1 is 1.21 bits per heavy atom. The van der Waals surface area contributed by atoms with E-state index in [2.05, 4.69) is 29.6 Å². The molecule has 0 radical (unpaired) electrons. The van der Waals surface area contributed by atoms with Gasteiger partial charge in [-0.2, -0.15) is 0 Å². The zero-order valence-electron chi connectivity index (χ0n) is 11.3. The molecule has 1 unspecified atom stereocenters. The lowest BCUT2D eigenvalue weighted by Gasteiger charge is -2.13. The first-order valence-corrected chi connectivity index (χ1v) is 6.59. The lowest BCUT2D eigenvalue weighted by Crippen LogP contribution is -2.34. The Balaban J connectivity index is 2.08. The van der Waals surface area contributed by atoms with Gasteiger partial charge in [0.15, 0.2) is 0 Å². The van der Waals surface area contributed by atoms with Crippen LogP contribution in [0.1, 0.15) is 19.4 Å². The van der Waals surface area contributed by atoms with Crippen molar-refractivity contribution < 1.29 is 9.53 Å². The maximum atomic E-state index is 11.5. The Kier molecular flexibility index (Phi) is 4.53. The molecule has 1 N–H and O–H groups in total. The van der Waals surface area contributed by atoms with E-state index in [-0.39, 0.29) is 12.0 Å². The first kappa shape index (κ1) is 13.6. The molecular weight excluding hydrogens is 238 g/mol. The standard InChI is InChI=1S/C16H19NO2/c1-3-19-16(18)12(2)17-11-14-9-6-8-13-7-4-5-10-15(13)14/h4-10,12,17H,3,11H2,1-2H3. The molecular formula is C16H19NO2. The van der Waals surface area contributed by atoms with Gasteiger partial charge < -0.3 is 10.1 Å². The zero-order chi connectivity index (χ0) is 13.7. The molecule has 100 valence electrons. The van der Waals surface area contributed by atoms with Gasteiger partial charge in [0.2, 0.25) is 0 Å². The summed E-state index contributed by atoms with van der Waals surface area (Å²) in [5.74, 6) is -0.206. The summed E-state index contributed by atoms with van der Waals surface area (Å²) in [5.41, 5.74) is 1.19. The maximum Gasteiger partial charge on any atom is 0.322 e. The minimum Gasteiger partial charge on any atom is -0.465 e. The minimum atomic E-state index is -0.293. The summed E-state index contributed by atoms with van der Waals surface area (Å²) in [5, 5.41) is 5.63. The van der Waals surface area contributed by atoms with Crippen molar-refractivity contribution in [3.05, 3.63) is 48.0 Å². The SMILES string of the molecule is CCOC(=O)C(C)NCc1cccc2ccccc12. The third kappa shape index (κ3) is 3.32. The fourth-order valence-corrected chi connectivity index (χ4v) is 2.06. The third-order valence-corrected chi connectivity index (χ3v) is 3.12. The normalized spacial score (nSPS) is 12.3. The molecule has 2 aromatic carbocycles. The van der Waals surface area contributed by atoms with E-state index in [0.29, 0.717) is 13.2 Å². The Morgan fingerprint density at radius 3 is 2.74 bits per heavy atom. The first-order chi connectivity index (χ1) is 9.22. The second-order valence-corrected chi connectivity index (χ2v) is 4.49. The highest BCUT2D eigenvalue weighted by Gasteiger charge is 2.13. The molecule has 0 bridgehead atoms. The van der Waals surface area contributed by atoms with Crippen molar-refractivity contribution in [2.75, 3.05) is 6.61 Å². The monoisotopic (exact) mass is 257 g/mol. The van der Waals surface area contributed by atoms with Crippen LogP contribution in [0.5, 0.6) is 0 Å². The number of rotatable bonds is 5. The average Bonchev–Trinajstić information content (AvgIpc) is 2.45. The van der Waals surface area contributed by atoms with Crippen molar-refractivity contribution in [1.82, 2.24) is 5.32 Å². The average molecular weight is 257 g/mol. The van der Waals surface area contributed by atoms with Crippen molar-refractivity contribution in [2.45, 2.75) is 26.4 Å². The molecule has 0 aliphatic rings. The van der Waals surface area contributed by atoms with Crippen LogP contribution in [0.25, 0.3) is 10.8 Å². The number of carbonyl (C=O) groups is 1. The van der Waals surface area contributed by atoms with Crippen molar-refractivity contribution in [3.63, 3.8) is 0 Å². The van der Waals surface area contributed by atoms with Crippen LogP contribution >= 0.6 is 0 Å². The lowest BCUT2D eigenvalue weighted by atomic mass is 10.0.